The SMILES string of the molecule is COc1ccc(CNCc2cc(C#N)ccc2F)cn1. The van der Waals surface area contributed by atoms with Gasteiger partial charge in [-0.25, -0.2) is 9.37 Å². The normalized spacial score (nSPS) is 10.1. The van der Waals surface area contributed by atoms with E-state index in [1.54, 1.807) is 25.4 Å². The fraction of sp³-hybridized carbons (Fsp3) is 0.200. The van der Waals surface area contributed by atoms with Gasteiger partial charge in [-0.3, -0.25) is 0 Å². The maximum absolute atomic E-state index is 13.6. The van der Waals surface area contributed by atoms with Crippen molar-refractivity contribution in [1.29, 1.82) is 5.26 Å². The van der Waals surface area contributed by atoms with Crippen LogP contribution in [0, 0.1) is 17.1 Å². The summed E-state index contributed by atoms with van der Waals surface area (Å²) in [7, 11) is 1.56. The number of hydrogen-bond donors (Lipinski definition) is 1. The molecular formula is C15H14FN3O. The zero-order valence-corrected chi connectivity index (χ0v) is 11.1. The molecule has 1 aromatic heterocycles. The highest BCUT2D eigenvalue weighted by atomic mass is 19.1. The third kappa shape index (κ3) is 3.53. The molecule has 102 valence electrons. The number of methoxy groups -OCH3 is 1. The predicted octanol–water partition coefficient (Wildman–Crippen LogP) is 2.39. The minimum Gasteiger partial charge on any atom is -0.481 e. The van der Waals surface area contributed by atoms with Gasteiger partial charge in [0.15, 0.2) is 0 Å². The molecule has 0 amide bonds. The Labute approximate surface area is 116 Å². The molecule has 0 unspecified atom stereocenters. The summed E-state index contributed by atoms with van der Waals surface area (Å²) in [5.41, 5.74) is 1.91. The van der Waals surface area contributed by atoms with Crippen LogP contribution in [0.5, 0.6) is 5.88 Å². The van der Waals surface area contributed by atoms with E-state index in [-0.39, 0.29) is 5.82 Å². The smallest absolute Gasteiger partial charge is 0.212 e. The van der Waals surface area contributed by atoms with Crippen molar-refractivity contribution in [1.82, 2.24) is 10.3 Å². The number of aromatic nitrogens is 1. The fourth-order valence-electron chi connectivity index (χ4n) is 1.76. The van der Waals surface area contributed by atoms with E-state index in [2.05, 4.69) is 10.3 Å². The van der Waals surface area contributed by atoms with Crippen molar-refractivity contribution in [3.8, 4) is 11.9 Å². The zero-order valence-electron chi connectivity index (χ0n) is 11.1. The van der Waals surface area contributed by atoms with E-state index in [4.69, 9.17) is 10.00 Å². The van der Waals surface area contributed by atoms with Crippen molar-refractivity contribution in [3.63, 3.8) is 0 Å². The van der Waals surface area contributed by atoms with E-state index in [1.807, 2.05) is 12.1 Å². The molecule has 1 N–H and O–H groups in total. The highest BCUT2D eigenvalue weighted by Crippen LogP contribution is 2.11. The molecule has 2 rings (SSSR count). The highest BCUT2D eigenvalue weighted by molar-refractivity contribution is 5.33. The molecular weight excluding hydrogens is 257 g/mol. The Balaban J connectivity index is 1.94. The molecule has 0 aliphatic rings. The van der Waals surface area contributed by atoms with Gasteiger partial charge < -0.3 is 10.1 Å². The van der Waals surface area contributed by atoms with Crippen molar-refractivity contribution >= 4 is 0 Å². The van der Waals surface area contributed by atoms with E-state index in [9.17, 15) is 4.39 Å². The Morgan fingerprint density at radius 2 is 2.15 bits per heavy atom. The summed E-state index contributed by atoms with van der Waals surface area (Å²) in [5.74, 6) is 0.242. The Morgan fingerprint density at radius 3 is 2.80 bits per heavy atom. The first-order chi connectivity index (χ1) is 9.72. The quantitative estimate of drug-likeness (QED) is 0.907. The van der Waals surface area contributed by atoms with Crippen molar-refractivity contribution in [2.75, 3.05) is 7.11 Å². The van der Waals surface area contributed by atoms with Gasteiger partial charge in [0.1, 0.15) is 5.82 Å². The number of halogens is 1. The lowest BCUT2D eigenvalue weighted by molar-refractivity contribution is 0.397. The molecule has 1 heterocycles. The minimum absolute atomic E-state index is 0.315. The van der Waals surface area contributed by atoms with Gasteiger partial charge in [-0.15, -0.1) is 0 Å². The molecule has 0 aliphatic carbocycles. The number of pyridine rings is 1. The number of benzene rings is 1. The third-order valence-electron chi connectivity index (χ3n) is 2.83. The van der Waals surface area contributed by atoms with Crippen molar-refractivity contribution in [2.45, 2.75) is 13.1 Å². The van der Waals surface area contributed by atoms with Gasteiger partial charge in [0.2, 0.25) is 5.88 Å². The fourth-order valence-corrected chi connectivity index (χ4v) is 1.76. The zero-order chi connectivity index (χ0) is 14.4. The first-order valence-electron chi connectivity index (χ1n) is 6.11. The molecule has 0 radical (unpaired) electrons. The Morgan fingerprint density at radius 1 is 1.30 bits per heavy atom. The van der Waals surface area contributed by atoms with Crippen LogP contribution in [-0.2, 0) is 13.1 Å². The average Bonchev–Trinajstić information content (AvgIpc) is 2.50. The summed E-state index contributed by atoms with van der Waals surface area (Å²) in [6.45, 7) is 0.917. The molecule has 0 aliphatic heterocycles. The summed E-state index contributed by atoms with van der Waals surface area (Å²) in [5, 5.41) is 11.9. The second kappa shape index (κ2) is 6.64. The van der Waals surface area contributed by atoms with Gasteiger partial charge in [0.25, 0.3) is 0 Å². The highest BCUT2D eigenvalue weighted by Gasteiger charge is 2.03. The Bertz CT molecular complexity index is 620. The van der Waals surface area contributed by atoms with Gasteiger partial charge in [-0.2, -0.15) is 5.26 Å². The van der Waals surface area contributed by atoms with Crippen LogP contribution in [0.2, 0.25) is 0 Å². The van der Waals surface area contributed by atoms with Gasteiger partial charge in [-0.05, 0) is 23.8 Å². The van der Waals surface area contributed by atoms with E-state index in [1.165, 1.54) is 12.1 Å². The number of hydrogen-bond acceptors (Lipinski definition) is 4. The van der Waals surface area contributed by atoms with E-state index < -0.39 is 0 Å². The van der Waals surface area contributed by atoms with Crippen molar-refractivity contribution < 1.29 is 9.13 Å². The van der Waals surface area contributed by atoms with Crippen LogP contribution in [0.3, 0.4) is 0 Å². The summed E-state index contributed by atoms with van der Waals surface area (Å²) in [6, 6.07) is 9.98. The standard InChI is InChI=1S/C15H14FN3O/c1-20-15-5-3-12(9-19-15)8-18-10-13-6-11(7-17)2-4-14(13)16/h2-6,9,18H,8,10H2,1H3. The largest absolute Gasteiger partial charge is 0.481 e. The number of nitrogens with zero attached hydrogens (tertiary/aromatic N) is 2. The number of rotatable bonds is 5. The molecule has 0 bridgehead atoms. The minimum atomic E-state index is -0.315. The Hall–Kier alpha value is -2.45. The lowest BCUT2D eigenvalue weighted by atomic mass is 10.1. The maximum Gasteiger partial charge on any atom is 0.212 e. The van der Waals surface area contributed by atoms with Crippen LogP contribution < -0.4 is 10.1 Å². The van der Waals surface area contributed by atoms with Crippen molar-refractivity contribution in [2.24, 2.45) is 0 Å². The molecule has 0 saturated carbocycles. The topological polar surface area (TPSA) is 57.9 Å². The van der Waals surface area contributed by atoms with Crippen molar-refractivity contribution in [3.05, 3.63) is 59.0 Å². The molecule has 5 heteroatoms. The molecule has 1 aromatic carbocycles. The first-order valence-corrected chi connectivity index (χ1v) is 6.11. The molecule has 4 nitrogen and oxygen atoms in total. The molecule has 0 spiro atoms. The summed E-state index contributed by atoms with van der Waals surface area (Å²) < 4.78 is 18.5. The van der Waals surface area contributed by atoms with Crippen LogP contribution in [0.15, 0.2) is 36.5 Å². The number of nitrogens with one attached hydrogen (secondary N) is 1. The molecule has 2 aromatic rings. The lowest BCUT2D eigenvalue weighted by Crippen LogP contribution is -2.14. The lowest BCUT2D eigenvalue weighted by Gasteiger charge is -2.07. The van der Waals surface area contributed by atoms with Gasteiger partial charge in [-0.1, -0.05) is 6.07 Å². The monoisotopic (exact) mass is 271 g/mol. The summed E-state index contributed by atoms with van der Waals surface area (Å²) in [4.78, 5) is 4.09. The predicted molar refractivity (Wildman–Crippen MR) is 72.4 cm³/mol. The van der Waals surface area contributed by atoms with Crippen LogP contribution in [0.4, 0.5) is 4.39 Å². The molecule has 0 saturated heterocycles. The van der Waals surface area contributed by atoms with Gasteiger partial charge in [0.05, 0.1) is 18.7 Å². The van der Waals surface area contributed by atoms with Crippen LogP contribution >= 0.6 is 0 Å². The second-order valence-corrected chi connectivity index (χ2v) is 4.23. The summed E-state index contributed by atoms with van der Waals surface area (Å²) >= 11 is 0. The van der Waals surface area contributed by atoms with Gasteiger partial charge in [0, 0.05) is 30.9 Å². The maximum atomic E-state index is 13.6. The number of ether oxygens (including phenoxy) is 1. The van der Waals surface area contributed by atoms with Gasteiger partial charge >= 0.3 is 0 Å². The third-order valence-corrected chi connectivity index (χ3v) is 2.83. The van der Waals surface area contributed by atoms with E-state index in [0.717, 1.165) is 5.56 Å². The van der Waals surface area contributed by atoms with E-state index in [0.29, 0.717) is 30.1 Å². The van der Waals surface area contributed by atoms with Crippen LogP contribution in [0.1, 0.15) is 16.7 Å². The first kappa shape index (κ1) is 14.0. The molecule has 20 heavy (non-hydrogen) atoms. The number of nitriles is 1. The average molecular weight is 271 g/mol. The second-order valence-electron chi connectivity index (χ2n) is 4.23. The molecule has 0 atom stereocenters. The molecule has 0 fully saturated rings. The van der Waals surface area contributed by atoms with E-state index >= 15 is 0 Å². The summed E-state index contributed by atoms with van der Waals surface area (Å²) in [6.07, 6.45) is 1.70. The van der Waals surface area contributed by atoms with Crippen LogP contribution in [-0.4, -0.2) is 12.1 Å². The Kier molecular flexibility index (Phi) is 4.64. The van der Waals surface area contributed by atoms with Crippen LogP contribution in [0.25, 0.3) is 0 Å².